The van der Waals surface area contributed by atoms with E-state index in [2.05, 4.69) is 4.98 Å². The van der Waals surface area contributed by atoms with Crippen LogP contribution in [0.1, 0.15) is 20.3 Å². The Morgan fingerprint density at radius 3 is 2.47 bits per heavy atom. The summed E-state index contributed by atoms with van der Waals surface area (Å²) in [5, 5.41) is 8.74. The van der Waals surface area contributed by atoms with Gasteiger partial charge in [-0.3, -0.25) is 0 Å². The van der Waals surface area contributed by atoms with E-state index in [1.807, 2.05) is 0 Å². The minimum absolute atomic E-state index is 0.0610. The van der Waals surface area contributed by atoms with E-state index in [0.717, 1.165) is 0 Å². The Balaban J connectivity index is 3.05. The number of rotatable bonds is 5. The van der Waals surface area contributed by atoms with E-state index in [1.165, 1.54) is 4.90 Å². The predicted molar refractivity (Wildman–Crippen MR) is 58.3 cm³/mol. The van der Waals surface area contributed by atoms with Gasteiger partial charge in [-0.15, -0.1) is 0 Å². The molecule has 6 heteroatoms. The first-order valence-electron chi connectivity index (χ1n) is 5.36. The predicted octanol–water partition coefficient (Wildman–Crippen LogP) is 2.10. The second-order valence-electron chi connectivity index (χ2n) is 3.93. The molecule has 0 bridgehead atoms. The molecule has 1 aromatic heterocycles. The van der Waals surface area contributed by atoms with Gasteiger partial charge in [-0.2, -0.15) is 9.37 Å². The Hall–Kier alpha value is -1.30. The van der Waals surface area contributed by atoms with Crippen LogP contribution in [0.3, 0.4) is 0 Å². The number of halogens is 3. The van der Waals surface area contributed by atoms with Gasteiger partial charge in [0, 0.05) is 25.3 Å². The Kier molecular flexibility index (Phi) is 4.74. The molecular formula is C11H15F3N2O. The molecule has 0 fully saturated rings. The van der Waals surface area contributed by atoms with Gasteiger partial charge in [0.05, 0.1) is 0 Å². The smallest absolute Gasteiger partial charge is 0.251 e. The monoisotopic (exact) mass is 248 g/mol. The average molecular weight is 248 g/mol. The average Bonchev–Trinajstić information content (AvgIpc) is 2.25. The molecule has 0 radical (unpaired) electrons. The molecule has 17 heavy (non-hydrogen) atoms. The lowest BCUT2D eigenvalue weighted by Gasteiger charge is -2.27. The van der Waals surface area contributed by atoms with Crippen LogP contribution in [0.2, 0.25) is 0 Å². The molecule has 1 heterocycles. The lowest BCUT2D eigenvalue weighted by Crippen LogP contribution is -2.34. The fourth-order valence-electron chi connectivity index (χ4n) is 1.49. The van der Waals surface area contributed by atoms with Gasteiger partial charge < -0.3 is 10.0 Å². The van der Waals surface area contributed by atoms with E-state index in [1.54, 1.807) is 13.8 Å². The summed E-state index contributed by atoms with van der Waals surface area (Å²) >= 11 is 0. The summed E-state index contributed by atoms with van der Waals surface area (Å²) in [5.74, 6) is -3.77. The van der Waals surface area contributed by atoms with Crippen molar-refractivity contribution >= 4 is 5.82 Å². The zero-order valence-corrected chi connectivity index (χ0v) is 9.75. The summed E-state index contributed by atoms with van der Waals surface area (Å²) < 4.78 is 39.2. The maximum atomic E-state index is 13.5. The molecule has 96 valence electrons. The molecule has 0 aromatic carbocycles. The van der Waals surface area contributed by atoms with Gasteiger partial charge in [-0.05, 0) is 20.3 Å². The highest BCUT2D eigenvalue weighted by Crippen LogP contribution is 2.21. The maximum Gasteiger partial charge on any atom is 0.251 e. The van der Waals surface area contributed by atoms with Crippen LogP contribution in [-0.2, 0) is 0 Å². The third kappa shape index (κ3) is 3.33. The highest BCUT2D eigenvalue weighted by Gasteiger charge is 2.19. The number of hydrogen-bond acceptors (Lipinski definition) is 3. The topological polar surface area (TPSA) is 36.4 Å². The standard InChI is InChI=1S/C11H15F3N2O/c1-7(2)16(4-3-5-17)11-9(13)6-8(12)10(14)15-11/h6-7,17H,3-5H2,1-2H3. The number of aromatic nitrogens is 1. The largest absolute Gasteiger partial charge is 0.396 e. The minimum atomic E-state index is -1.32. The van der Waals surface area contributed by atoms with Crippen LogP contribution in [0.25, 0.3) is 0 Å². The van der Waals surface area contributed by atoms with Gasteiger partial charge in [0.1, 0.15) is 0 Å². The van der Waals surface area contributed by atoms with E-state index in [0.29, 0.717) is 19.0 Å². The molecule has 0 atom stereocenters. The Labute approximate surface area is 97.9 Å². The molecule has 0 aliphatic rings. The van der Waals surface area contributed by atoms with Crippen LogP contribution in [0.4, 0.5) is 19.0 Å². The third-order valence-corrected chi connectivity index (χ3v) is 2.32. The van der Waals surface area contributed by atoms with Crippen molar-refractivity contribution in [1.82, 2.24) is 4.98 Å². The summed E-state index contributed by atoms with van der Waals surface area (Å²) in [6, 6.07) is 0.347. The molecule has 3 nitrogen and oxygen atoms in total. The van der Waals surface area contributed by atoms with Crippen LogP contribution >= 0.6 is 0 Å². The van der Waals surface area contributed by atoms with Crippen molar-refractivity contribution < 1.29 is 18.3 Å². The van der Waals surface area contributed by atoms with Crippen molar-refractivity contribution in [3.63, 3.8) is 0 Å². The lowest BCUT2D eigenvalue weighted by molar-refractivity contribution is 0.288. The van der Waals surface area contributed by atoms with Crippen LogP contribution < -0.4 is 4.90 Å². The first-order valence-corrected chi connectivity index (χ1v) is 5.36. The van der Waals surface area contributed by atoms with E-state index < -0.39 is 17.6 Å². The first kappa shape index (κ1) is 13.8. The van der Waals surface area contributed by atoms with Gasteiger partial charge in [0.2, 0.25) is 0 Å². The van der Waals surface area contributed by atoms with E-state index in [9.17, 15) is 13.2 Å². The molecule has 0 saturated carbocycles. The molecule has 0 aliphatic carbocycles. The van der Waals surface area contributed by atoms with E-state index in [-0.39, 0.29) is 18.5 Å². The highest BCUT2D eigenvalue weighted by molar-refractivity contribution is 5.41. The van der Waals surface area contributed by atoms with Gasteiger partial charge in [0.15, 0.2) is 17.5 Å². The lowest BCUT2D eigenvalue weighted by atomic mass is 10.2. The molecule has 1 rings (SSSR count). The number of nitrogens with zero attached hydrogens (tertiary/aromatic N) is 2. The van der Waals surface area contributed by atoms with Gasteiger partial charge >= 0.3 is 0 Å². The number of pyridine rings is 1. The maximum absolute atomic E-state index is 13.5. The molecule has 0 spiro atoms. The summed E-state index contributed by atoms with van der Waals surface area (Å²) in [5.41, 5.74) is 0. The molecule has 1 aromatic rings. The van der Waals surface area contributed by atoms with Crippen molar-refractivity contribution in [2.75, 3.05) is 18.1 Å². The van der Waals surface area contributed by atoms with Crippen molar-refractivity contribution in [2.24, 2.45) is 0 Å². The van der Waals surface area contributed by atoms with Crippen LogP contribution in [0, 0.1) is 17.6 Å². The van der Waals surface area contributed by atoms with Crippen molar-refractivity contribution in [3.8, 4) is 0 Å². The normalized spacial score (nSPS) is 11.0. The van der Waals surface area contributed by atoms with Crippen molar-refractivity contribution in [1.29, 1.82) is 0 Å². The number of anilines is 1. The zero-order valence-electron chi connectivity index (χ0n) is 9.75. The number of aliphatic hydroxyl groups is 1. The molecule has 0 amide bonds. The Bertz CT molecular complexity index is 385. The SMILES string of the molecule is CC(C)N(CCCO)c1nc(F)c(F)cc1F. The fourth-order valence-corrected chi connectivity index (χ4v) is 1.49. The van der Waals surface area contributed by atoms with Crippen LogP contribution in [0.5, 0.6) is 0 Å². The fraction of sp³-hybridized carbons (Fsp3) is 0.545. The third-order valence-electron chi connectivity index (χ3n) is 2.32. The molecule has 0 aliphatic heterocycles. The summed E-state index contributed by atoms with van der Waals surface area (Å²) in [6.07, 6.45) is 0.401. The summed E-state index contributed by atoms with van der Waals surface area (Å²) in [4.78, 5) is 4.75. The van der Waals surface area contributed by atoms with E-state index in [4.69, 9.17) is 5.11 Å². The van der Waals surface area contributed by atoms with Crippen LogP contribution in [0.15, 0.2) is 6.07 Å². The van der Waals surface area contributed by atoms with Crippen molar-refractivity contribution in [3.05, 3.63) is 23.6 Å². The molecule has 0 saturated heterocycles. The van der Waals surface area contributed by atoms with Gasteiger partial charge in [-0.1, -0.05) is 0 Å². The van der Waals surface area contributed by atoms with Gasteiger partial charge in [0.25, 0.3) is 5.95 Å². The molecule has 1 N–H and O–H groups in total. The Morgan fingerprint density at radius 1 is 1.29 bits per heavy atom. The second kappa shape index (κ2) is 5.86. The van der Waals surface area contributed by atoms with Gasteiger partial charge in [-0.25, -0.2) is 8.78 Å². The minimum Gasteiger partial charge on any atom is -0.396 e. The van der Waals surface area contributed by atoms with E-state index >= 15 is 0 Å². The highest BCUT2D eigenvalue weighted by atomic mass is 19.2. The molecule has 0 unspecified atom stereocenters. The number of hydrogen-bond donors (Lipinski definition) is 1. The zero-order chi connectivity index (χ0) is 13.0. The van der Waals surface area contributed by atoms with Crippen LogP contribution in [-0.4, -0.2) is 29.3 Å². The second-order valence-corrected chi connectivity index (χ2v) is 3.93. The summed E-state index contributed by atoms with van der Waals surface area (Å²) in [6.45, 7) is 3.82. The quantitative estimate of drug-likeness (QED) is 0.811. The Morgan fingerprint density at radius 2 is 1.94 bits per heavy atom. The van der Waals surface area contributed by atoms with Crippen molar-refractivity contribution in [2.45, 2.75) is 26.3 Å². The molecular weight excluding hydrogens is 233 g/mol. The summed E-state index contributed by atoms with van der Waals surface area (Å²) in [7, 11) is 0. The first-order chi connectivity index (χ1) is 7.97. The number of aliphatic hydroxyl groups excluding tert-OH is 1.